The van der Waals surface area contributed by atoms with E-state index in [0.717, 1.165) is 57.8 Å². The summed E-state index contributed by atoms with van der Waals surface area (Å²) in [5, 5.41) is 9.57. The second-order valence-electron chi connectivity index (χ2n) is 13.7. The molecule has 0 aromatic heterocycles. The fraction of sp³-hybridized carbons (Fsp3) is 0.660. The number of hydrogen-bond donors (Lipinski definition) is 1. The van der Waals surface area contributed by atoms with Gasteiger partial charge in [-0.25, -0.2) is 0 Å². The largest absolute Gasteiger partial charge is 0.462 e. The van der Waals surface area contributed by atoms with Crippen molar-refractivity contribution in [1.82, 2.24) is 0 Å². The summed E-state index contributed by atoms with van der Waals surface area (Å²) in [5.74, 6) is -0.696. The summed E-state index contributed by atoms with van der Waals surface area (Å²) in [5.41, 5.74) is 0. The van der Waals surface area contributed by atoms with Crippen molar-refractivity contribution in [3.63, 3.8) is 0 Å². The van der Waals surface area contributed by atoms with Gasteiger partial charge in [0.05, 0.1) is 6.61 Å². The van der Waals surface area contributed by atoms with Gasteiger partial charge in [0.2, 0.25) is 0 Å². The van der Waals surface area contributed by atoms with Crippen LogP contribution in [-0.2, 0) is 19.1 Å². The molecule has 0 aromatic rings. The average molecular weight is 723 g/mol. The van der Waals surface area contributed by atoms with Crippen LogP contribution in [0.1, 0.15) is 181 Å². The third-order valence-electron chi connectivity index (χ3n) is 8.69. The molecule has 0 saturated carbocycles. The number of carbonyl (C=O) groups excluding carboxylic acids is 2. The van der Waals surface area contributed by atoms with Gasteiger partial charge in [-0.15, -0.1) is 0 Å². The van der Waals surface area contributed by atoms with Gasteiger partial charge in [-0.1, -0.05) is 176 Å². The molecule has 0 radical (unpaired) electrons. The molecule has 0 amide bonds. The zero-order valence-electron chi connectivity index (χ0n) is 33.5. The maximum Gasteiger partial charge on any atom is 0.306 e. The van der Waals surface area contributed by atoms with Gasteiger partial charge in [0.15, 0.2) is 6.10 Å². The third-order valence-corrected chi connectivity index (χ3v) is 8.69. The Labute approximate surface area is 320 Å². The van der Waals surface area contributed by atoms with Crippen molar-refractivity contribution in [2.45, 2.75) is 187 Å². The molecule has 0 aliphatic carbocycles. The molecule has 296 valence electrons. The Morgan fingerprint density at radius 2 is 0.865 bits per heavy atom. The summed E-state index contributed by atoms with van der Waals surface area (Å²) in [6.45, 7) is 3.95. The number of rotatable bonds is 37. The van der Waals surface area contributed by atoms with E-state index < -0.39 is 6.10 Å². The fourth-order valence-electron chi connectivity index (χ4n) is 5.51. The minimum absolute atomic E-state index is 0.111. The Hall–Kier alpha value is -2.92. The molecular formula is C47H78O5. The molecular weight excluding hydrogens is 645 g/mol. The number of carbonyl (C=O) groups is 2. The SMILES string of the molecule is CCC=CCC=CCC=CCC=CCC=CCC=CCCC(=O)OC[C@H](CO)OC(=O)CCCCCCCCCCCC=CCCCCCCCC. The lowest BCUT2D eigenvalue weighted by molar-refractivity contribution is -0.161. The highest BCUT2D eigenvalue weighted by Crippen LogP contribution is 2.13. The van der Waals surface area contributed by atoms with E-state index in [2.05, 4.69) is 86.8 Å². The maximum atomic E-state index is 12.2. The van der Waals surface area contributed by atoms with Crippen LogP contribution in [-0.4, -0.2) is 36.4 Å². The van der Waals surface area contributed by atoms with Crippen molar-refractivity contribution in [2.24, 2.45) is 0 Å². The van der Waals surface area contributed by atoms with E-state index in [-0.39, 0.29) is 31.6 Å². The summed E-state index contributed by atoms with van der Waals surface area (Å²) in [6, 6.07) is 0. The molecule has 1 atom stereocenters. The van der Waals surface area contributed by atoms with Gasteiger partial charge in [0, 0.05) is 12.8 Å². The Kier molecular flexibility index (Phi) is 40.1. The molecule has 0 spiro atoms. The van der Waals surface area contributed by atoms with Crippen molar-refractivity contribution in [3.05, 3.63) is 85.1 Å². The Morgan fingerprint density at radius 3 is 1.33 bits per heavy atom. The van der Waals surface area contributed by atoms with Crippen LogP contribution in [0, 0.1) is 0 Å². The van der Waals surface area contributed by atoms with Crippen LogP contribution in [0.25, 0.3) is 0 Å². The summed E-state index contributed by atoms with van der Waals surface area (Å²) < 4.78 is 10.6. The van der Waals surface area contributed by atoms with E-state index in [9.17, 15) is 14.7 Å². The van der Waals surface area contributed by atoms with Crippen molar-refractivity contribution in [2.75, 3.05) is 13.2 Å². The van der Waals surface area contributed by atoms with Gasteiger partial charge in [0.25, 0.3) is 0 Å². The van der Waals surface area contributed by atoms with Crippen molar-refractivity contribution >= 4 is 11.9 Å². The topological polar surface area (TPSA) is 72.8 Å². The Morgan fingerprint density at radius 1 is 0.462 bits per heavy atom. The van der Waals surface area contributed by atoms with E-state index in [1.54, 1.807) is 0 Å². The normalized spacial score (nSPS) is 13.1. The van der Waals surface area contributed by atoms with Gasteiger partial charge in [-0.3, -0.25) is 9.59 Å². The number of unbranched alkanes of at least 4 members (excludes halogenated alkanes) is 15. The standard InChI is InChI=1S/C47H78O5/c1-3-5-7-9-11-13-15-17-19-21-23-25-27-29-31-33-35-37-39-41-46(49)51-44-45(43-48)52-47(50)42-40-38-36-34-32-30-28-26-24-22-20-18-16-14-12-10-8-6-4-2/h5,7,11,13,17-20,23,25,29,31,35,37,45,48H,3-4,6,8-10,12,14-16,21-22,24,26-28,30,32-34,36,38-44H2,1-2H3/t45-/m0/s1. The summed E-state index contributed by atoms with van der Waals surface area (Å²) in [7, 11) is 0. The molecule has 0 aliphatic heterocycles. The number of ether oxygens (including phenoxy) is 2. The predicted molar refractivity (Wildman–Crippen MR) is 223 cm³/mol. The second-order valence-corrected chi connectivity index (χ2v) is 13.7. The lowest BCUT2D eigenvalue weighted by Gasteiger charge is -2.15. The predicted octanol–water partition coefficient (Wildman–Crippen LogP) is 13.5. The monoisotopic (exact) mass is 723 g/mol. The first-order chi connectivity index (χ1) is 25.6. The molecule has 0 fully saturated rings. The molecule has 52 heavy (non-hydrogen) atoms. The summed E-state index contributed by atoms with van der Waals surface area (Å²) >= 11 is 0. The van der Waals surface area contributed by atoms with Gasteiger partial charge in [0.1, 0.15) is 6.61 Å². The van der Waals surface area contributed by atoms with E-state index in [1.807, 2.05) is 12.2 Å². The van der Waals surface area contributed by atoms with Crippen molar-refractivity contribution in [3.8, 4) is 0 Å². The van der Waals surface area contributed by atoms with Crippen molar-refractivity contribution in [1.29, 1.82) is 0 Å². The summed E-state index contributed by atoms with van der Waals surface area (Å²) in [6.07, 6.45) is 58.0. The molecule has 1 N–H and O–H groups in total. The highest BCUT2D eigenvalue weighted by Gasteiger charge is 2.15. The molecule has 5 heteroatoms. The third kappa shape index (κ3) is 39.9. The lowest BCUT2D eigenvalue weighted by atomic mass is 10.1. The number of hydrogen-bond acceptors (Lipinski definition) is 5. The van der Waals surface area contributed by atoms with Crippen LogP contribution in [0.3, 0.4) is 0 Å². The van der Waals surface area contributed by atoms with Crippen LogP contribution >= 0.6 is 0 Å². The quantitative estimate of drug-likeness (QED) is 0.0393. The van der Waals surface area contributed by atoms with Gasteiger partial charge < -0.3 is 14.6 Å². The minimum Gasteiger partial charge on any atom is -0.462 e. The van der Waals surface area contributed by atoms with Gasteiger partial charge in [-0.2, -0.15) is 0 Å². The minimum atomic E-state index is -0.807. The van der Waals surface area contributed by atoms with E-state index in [0.29, 0.717) is 12.8 Å². The molecule has 0 heterocycles. The first-order valence-corrected chi connectivity index (χ1v) is 21.1. The highest BCUT2D eigenvalue weighted by atomic mass is 16.6. The second kappa shape index (κ2) is 42.5. The van der Waals surface area contributed by atoms with Crippen LogP contribution < -0.4 is 0 Å². The molecule has 0 bridgehead atoms. The number of aliphatic hydroxyl groups is 1. The van der Waals surface area contributed by atoms with Crippen LogP contribution in [0.4, 0.5) is 0 Å². The maximum absolute atomic E-state index is 12.2. The smallest absolute Gasteiger partial charge is 0.306 e. The molecule has 0 aliphatic rings. The van der Waals surface area contributed by atoms with E-state index in [1.165, 1.54) is 89.9 Å². The molecule has 0 aromatic carbocycles. The summed E-state index contributed by atoms with van der Waals surface area (Å²) in [4.78, 5) is 24.3. The van der Waals surface area contributed by atoms with E-state index >= 15 is 0 Å². The zero-order valence-corrected chi connectivity index (χ0v) is 33.5. The van der Waals surface area contributed by atoms with Crippen LogP contribution in [0.5, 0.6) is 0 Å². The zero-order chi connectivity index (χ0) is 37.8. The van der Waals surface area contributed by atoms with E-state index in [4.69, 9.17) is 9.47 Å². The number of allylic oxidation sites excluding steroid dienone is 14. The molecule has 5 nitrogen and oxygen atoms in total. The molecule has 0 saturated heterocycles. The fourth-order valence-corrected chi connectivity index (χ4v) is 5.51. The van der Waals surface area contributed by atoms with Gasteiger partial charge in [-0.05, 0) is 77.0 Å². The average Bonchev–Trinajstić information content (AvgIpc) is 3.15. The first-order valence-electron chi connectivity index (χ1n) is 21.1. The first kappa shape index (κ1) is 49.1. The Balaban J connectivity index is 3.68. The van der Waals surface area contributed by atoms with Crippen LogP contribution in [0.2, 0.25) is 0 Å². The Bertz CT molecular complexity index is 999. The van der Waals surface area contributed by atoms with Crippen molar-refractivity contribution < 1.29 is 24.2 Å². The highest BCUT2D eigenvalue weighted by molar-refractivity contribution is 5.70. The lowest BCUT2D eigenvalue weighted by Crippen LogP contribution is -2.28. The van der Waals surface area contributed by atoms with Crippen LogP contribution in [0.15, 0.2) is 85.1 Å². The van der Waals surface area contributed by atoms with Gasteiger partial charge >= 0.3 is 11.9 Å². The number of esters is 2. The molecule has 0 rings (SSSR count). The number of aliphatic hydroxyl groups excluding tert-OH is 1. The molecule has 0 unspecified atom stereocenters.